The van der Waals surface area contributed by atoms with Crippen molar-refractivity contribution in [2.45, 2.75) is 37.1 Å². The van der Waals surface area contributed by atoms with Crippen LogP contribution in [0.15, 0.2) is 45.6 Å². The normalized spacial score (nSPS) is 23.2. The van der Waals surface area contributed by atoms with E-state index in [1.807, 2.05) is 0 Å². The smallest absolute Gasteiger partial charge is 0.317 e. The predicted octanol–water partition coefficient (Wildman–Crippen LogP) is -0.219. The number of fused-ring (bicyclic) bond motifs is 1. The first-order valence-electron chi connectivity index (χ1n) is 11.0. The molecule has 38 heavy (non-hydrogen) atoms. The second kappa shape index (κ2) is 10.5. The van der Waals surface area contributed by atoms with E-state index in [1.165, 1.54) is 12.1 Å². The molecule has 1 fully saturated rings. The molecule has 2 aromatic carbocycles. The lowest BCUT2D eigenvalue weighted by Crippen LogP contribution is -2.60. The molecule has 3 aromatic rings. The van der Waals surface area contributed by atoms with Crippen LogP contribution in [0.4, 0.5) is 0 Å². The van der Waals surface area contributed by atoms with E-state index in [0.29, 0.717) is 0 Å². The summed E-state index contributed by atoms with van der Waals surface area (Å²) in [7, 11) is 0. The number of aliphatic hydroxyl groups excluding tert-OH is 3. The quantitative estimate of drug-likeness (QED) is 0.153. The number of aromatic hydroxyl groups is 3. The van der Waals surface area contributed by atoms with Crippen molar-refractivity contribution < 1.29 is 64.0 Å². The first-order valence-corrected chi connectivity index (χ1v) is 11.0. The van der Waals surface area contributed by atoms with Crippen molar-refractivity contribution in [1.82, 2.24) is 0 Å². The van der Waals surface area contributed by atoms with E-state index in [2.05, 4.69) is 0 Å². The molecule has 202 valence electrons. The summed E-state index contributed by atoms with van der Waals surface area (Å²) in [5, 5.41) is 69.1. The number of esters is 1. The third-order valence-electron chi connectivity index (χ3n) is 5.64. The fourth-order valence-corrected chi connectivity index (χ4v) is 3.83. The summed E-state index contributed by atoms with van der Waals surface area (Å²) in [6.07, 6.45) is -9.54. The van der Waals surface area contributed by atoms with Crippen molar-refractivity contribution in [2.75, 3.05) is 6.61 Å². The molecule has 5 atom stereocenters. The Bertz CT molecular complexity index is 1430. The van der Waals surface area contributed by atoms with E-state index in [4.69, 9.17) is 23.7 Å². The van der Waals surface area contributed by atoms with Crippen LogP contribution in [-0.2, 0) is 19.1 Å². The van der Waals surface area contributed by atoms with Crippen LogP contribution in [0.2, 0.25) is 0 Å². The molecule has 0 radical (unpaired) electrons. The van der Waals surface area contributed by atoms with Gasteiger partial charge in [0, 0.05) is 24.3 Å². The van der Waals surface area contributed by atoms with Gasteiger partial charge in [-0.3, -0.25) is 14.4 Å². The largest absolute Gasteiger partial charge is 0.508 e. The number of rotatable bonds is 7. The number of carboxylic acids is 1. The molecule has 1 aromatic heterocycles. The number of carboxylic acid groups (broad SMARTS) is 1. The third kappa shape index (κ3) is 5.47. The second-order valence-corrected chi connectivity index (χ2v) is 8.38. The Morgan fingerprint density at radius 2 is 1.66 bits per heavy atom. The molecule has 0 spiro atoms. The van der Waals surface area contributed by atoms with Crippen LogP contribution in [0, 0.1) is 0 Å². The van der Waals surface area contributed by atoms with Gasteiger partial charge in [0.1, 0.15) is 77.2 Å². The van der Waals surface area contributed by atoms with Gasteiger partial charge >= 0.3 is 11.9 Å². The standard InChI is InChI=1S/C24H22O14/c25-9-1-2-11(15-6-13(28)20-12(27)3-10(26)5-16(20)36-15)14(4-9)37-24-23(34)22(33)21(32)17(38-24)8-35-19(31)7-18(29)30/h1-6,17,21-27,32-34H,7-8H2,(H,29,30). The van der Waals surface area contributed by atoms with Gasteiger partial charge < -0.3 is 54.4 Å². The molecular weight excluding hydrogens is 512 g/mol. The maximum absolute atomic E-state index is 12.6. The molecule has 4 rings (SSSR count). The summed E-state index contributed by atoms with van der Waals surface area (Å²) in [6, 6.07) is 6.68. The first-order chi connectivity index (χ1) is 17.9. The molecule has 5 unspecified atom stereocenters. The predicted molar refractivity (Wildman–Crippen MR) is 123 cm³/mol. The SMILES string of the molecule is O=C(O)CC(=O)OCC1OC(Oc2cc(O)ccc2-c2cc(=O)c3c(O)cc(O)cc3o2)C(O)C(O)C1O. The van der Waals surface area contributed by atoms with Crippen LogP contribution in [0.3, 0.4) is 0 Å². The summed E-state index contributed by atoms with van der Waals surface area (Å²) < 4.78 is 21.5. The Morgan fingerprint density at radius 3 is 2.37 bits per heavy atom. The minimum absolute atomic E-state index is 0.0467. The van der Waals surface area contributed by atoms with Gasteiger partial charge in [0.25, 0.3) is 0 Å². The van der Waals surface area contributed by atoms with Gasteiger partial charge in [-0.25, -0.2) is 0 Å². The number of aliphatic carboxylic acids is 1. The molecule has 1 saturated heterocycles. The van der Waals surface area contributed by atoms with Gasteiger partial charge in [-0.2, -0.15) is 0 Å². The van der Waals surface area contributed by atoms with Gasteiger partial charge in [-0.15, -0.1) is 0 Å². The average Bonchev–Trinajstić information content (AvgIpc) is 2.82. The number of aliphatic hydroxyl groups is 3. The topological polar surface area (TPSA) is 234 Å². The van der Waals surface area contributed by atoms with Crippen LogP contribution in [0.25, 0.3) is 22.3 Å². The number of carbonyl (C=O) groups excluding carboxylic acids is 1. The molecule has 2 heterocycles. The minimum atomic E-state index is -1.85. The highest BCUT2D eigenvalue weighted by atomic mass is 16.7. The number of benzene rings is 2. The van der Waals surface area contributed by atoms with Crippen LogP contribution >= 0.6 is 0 Å². The summed E-state index contributed by atoms with van der Waals surface area (Å²) in [6.45, 7) is -0.684. The Morgan fingerprint density at radius 1 is 0.921 bits per heavy atom. The van der Waals surface area contributed by atoms with Crippen molar-refractivity contribution in [3.05, 3.63) is 46.6 Å². The minimum Gasteiger partial charge on any atom is -0.508 e. The highest BCUT2D eigenvalue weighted by Crippen LogP contribution is 2.37. The summed E-state index contributed by atoms with van der Waals surface area (Å²) in [5.41, 5.74) is -0.793. The number of ether oxygens (including phenoxy) is 3. The molecule has 14 nitrogen and oxygen atoms in total. The van der Waals surface area contributed by atoms with Crippen molar-refractivity contribution in [3.8, 4) is 34.3 Å². The van der Waals surface area contributed by atoms with Crippen molar-refractivity contribution in [2.24, 2.45) is 0 Å². The summed E-state index contributed by atoms with van der Waals surface area (Å²) in [4.78, 5) is 34.8. The van der Waals surface area contributed by atoms with Crippen molar-refractivity contribution in [3.63, 3.8) is 0 Å². The lowest BCUT2D eigenvalue weighted by atomic mass is 9.99. The zero-order chi connectivity index (χ0) is 27.7. The van der Waals surface area contributed by atoms with Gasteiger partial charge in [0.2, 0.25) is 6.29 Å². The fourth-order valence-electron chi connectivity index (χ4n) is 3.83. The number of carbonyl (C=O) groups is 2. The average molecular weight is 534 g/mol. The highest BCUT2D eigenvalue weighted by Gasteiger charge is 2.45. The van der Waals surface area contributed by atoms with E-state index in [9.17, 15) is 45.0 Å². The van der Waals surface area contributed by atoms with E-state index in [0.717, 1.165) is 24.3 Å². The number of phenols is 3. The van der Waals surface area contributed by atoms with Crippen LogP contribution < -0.4 is 10.2 Å². The Balaban J connectivity index is 1.64. The maximum atomic E-state index is 12.6. The number of hydrogen-bond donors (Lipinski definition) is 7. The van der Waals surface area contributed by atoms with E-state index in [1.54, 1.807) is 0 Å². The van der Waals surface area contributed by atoms with Gasteiger partial charge in [0.05, 0.1) is 5.56 Å². The lowest BCUT2D eigenvalue weighted by Gasteiger charge is -2.40. The molecule has 14 heteroatoms. The Hall–Kier alpha value is -4.37. The molecule has 1 aliphatic rings. The van der Waals surface area contributed by atoms with E-state index < -0.39 is 66.9 Å². The van der Waals surface area contributed by atoms with Gasteiger partial charge in [-0.05, 0) is 12.1 Å². The monoisotopic (exact) mass is 534 g/mol. The fraction of sp³-hybridized carbons (Fsp3) is 0.292. The van der Waals surface area contributed by atoms with Gasteiger partial charge in [-0.1, -0.05) is 0 Å². The molecule has 0 aliphatic carbocycles. The zero-order valence-corrected chi connectivity index (χ0v) is 19.3. The number of hydrogen-bond acceptors (Lipinski definition) is 13. The van der Waals surface area contributed by atoms with Crippen molar-refractivity contribution >= 4 is 22.9 Å². The lowest BCUT2D eigenvalue weighted by molar-refractivity contribution is -0.278. The Labute approximate surface area is 212 Å². The number of phenolic OH excluding ortho intramolecular Hbond substituents is 3. The highest BCUT2D eigenvalue weighted by molar-refractivity contribution is 5.90. The molecule has 0 amide bonds. The van der Waals surface area contributed by atoms with Crippen LogP contribution in [0.5, 0.6) is 23.0 Å². The maximum Gasteiger partial charge on any atom is 0.317 e. The van der Waals surface area contributed by atoms with Crippen LogP contribution in [0.1, 0.15) is 6.42 Å². The molecule has 0 bridgehead atoms. The Kier molecular flexibility index (Phi) is 7.41. The molecule has 1 aliphatic heterocycles. The third-order valence-corrected chi connectivity index (χ3v) is 5.64. The molecular formula is C24H22O14. The second-order valence-electron chi connectivity index (χ2n) is 8.38. The van der Waals surface area contributed by atoms with Crippen molar-refractivity contribution in [1.29, 1.82) is 0 Å². The summed E-state index contributed by atoms with van der Waals surface area (Å²) in [5.74, 6) is -4.13. The molecule has 0 saturated carbocycles. The van der Waals surface area contributed by atoms with Gasteiger partial charge in [0.15, 0.2) is 5.43 Å². The first kappa shape index (κ1) is 26.7. The zero-order valence-electron chi connectivity index (χ0n) is 19.3. The van der Waals surface area contributed by atoms with Crippen LogP contribution in [-0.4, -0.2) is 85.0 Å². The summed E-state index contributed by atoms with van der Waals surface area (Å²) >= 11 is 0. The van der Waals surface area contributed by atoms with E-state index >= 15 is 0 Å². The molecule has 7 N–H and O–H groups in total. The van der Waals surface area contributed by atoms with E-state index in [-0.39, 0.29) is 39.5 Å².